The molecule has 0 unspecified atom stereocenters. The molecule has 0 aliphatic carbocycles. The quantitative estimate of drug-likeness (QED) is 0.800. The second-order valence-corrected chi connectivity index (χ2v) is 5.65. The molecule has 1 fully saturated rings. The third kappa shape index (κ3) is 4.37. The number of hydrogen-bond donors (Lipinski definition) is 0. The van der Waals surface area contributed by atoms with E-state index in [0.29, 0.717) is 18.0 Å². The lowest BCUT2D eigenvalue weighted by atomic mass is 10.2. The minimum Gasteiger partial charge on any atom is -0.493 e. The van der Waals surface area contributed by atoms with Gasteiger partial charge >= 0.3 is 0 Å². The molecule has 1 aliphatic heterocycles. The minimum absolute atomic E-state index is 0.0122. The highest BCUT2D eigenvalue weighted by Gasteiger charge is 2.22. The van der Waals surface area contributed by atoms with Gasteiger partial charge in [0.15, 0.2) is 11.5 Å². The van der Waals surface area contributed by atoms with Crippen LogP contribution >= 0.6 is 0 Å². The number of carbonyl (C=O) groups excluding carboxylic acids is 2. The van der Waals surface area contributed by atoms with Gasteiger partial charge < -0.3 is 19.3 Å². The van der Waals surface area contributed by atoms with Crippen LogP contribution in [0.2, 0.25) is 0 Å². The highest BCUT2D eigenvalue weighted by Crippen LogP contribution is 2.28. The Morgan fingerprint density at radius 2 is 1.78 bits per heavy atom. The first-order chi connectivity index (χ1) is 11.0. The Balaban J connectivity index is 2.07. The highest BCUT2D eigenvalue weighted by atomic mass is 16.5. The van der Waals surface area contributed by atoms with Gasteiger partial charge in [-0.3, -0.25) is 9.59 Å². The molecule has 0 atom stereocenters. The Morgan fingerprint density at radius 3 is 2.35 bits per heavy atom. The second kappa shape index (κ2) is 7.85. The van der Waals surface area contributed by atoms with E-state index in [0.717, 1.165) is 31.5 Å². The van der Waals surface area contributed by atoms with E-state index in [1.165, 1.54) is 6.92 Å². The Bertz CT molecular complexity index is 568. The summed E-state index contributed by atoms with van der Waals surface area (Å²) in [4.78, 5) is 27.5. The van der Waals surface area contributed by atoms with Gasteiger partial charge in [-0.05, 0) is 30.5 Å². The van der Waals surface area contributed by atoms with Crippen LogP contribution in [0.25, 0.3) is 0 Å². The van der Waals surface area contributed by atoms with E-state index >= 15 is 0 Å². The van der Waals surface area contributed by atoms with Crippen molar-refractivity contribution in [3.63, 3.8) is 0 Å². The van der Waals surface area contributed by atoms with Gasteiger partial charge in [0.2, 0.25) is 11.8 Å². The van der Waals surface area contributed by atoms with Crippen molar-refractivity contribution in [2.75, 3.05) is 33.9 Å². The molecule has 23 heavy (non-hydrogen) atoms. The maximum Gasteiger partial charge on any atom is 0.242 e. The van der Waals surface area contributed by atoms with Gasteiger partial charge in [-0.15, -0.1) is 0 Å². The summed E-state index contributed by atoms with van der Waals surface area (Å²) in [5.41, 5.74) is 0.895. The van der Waals surface area contributed by atoms with Crippen LogP contribution in [0.1, 0.15) is 25.3 Å². The molecule has 0 N–H and O–H groups in total. The predicted octanol–water partition coefficient (Wildman–Crippen LogP) is 1.67. The van der Waals surface area contributed by atoms with Crippen LogP contribution in [-0.2, 0) is 16.1 Å². The number of nitrogens with zero attached hydrogens (tertiary/aromatic N) is 2. The molecule has 0 bridgehead atoms. The van der Waals surface area contributed by atoms with Crippen LogP contribution in [0.15, 0.2) is 18.2 Å². The van der Waals surface area contributed by atoms with Gasteiger partial charge in [-0.2, -0.15) is 0 Å². The van der Waals surface area contributed by atoms with E-state index in [9.17, 15) is 9.59 Å². The third-order valence-electron chi connectivity index (χ3n) is 4.05. The van der Waals surface area contributed by atoms with Gasteiger partial charge in [0.25, 0.3) is 0 Å². The maximum atomic E-state index is 12.3. The van der Waals surface area contributed by atoms with Gasteiger partial charge in [-0.1, -0.05) is 6.07 Å². The van der Waals surface area contributed by atoms with Crippen molar-refractivity contribution in [2.24, 2.45) is 0 Å². The molecular formula is C17H24N2O4. The molecule has 6 heteroatoms. The Hall–Kier alpha value is -2.24. The zero-order valence-electron chi connectivity index (χ0n) is 14.0. The van der Waals surface area contributed by atoms with Crippen molar-refractivity contribution in [3.8, 4) is 11.5 Å². The molecule has 2 rings (SSSR count). The number of amides is 2. The lowest BCUT2D eigenvalue weighted by Gasteiger charge is -2.24. The number of likely N-dealkylation sites (tertiary alicyclic amines) is 1. The van der Waals surface area contributed by atoms with Crippen LogP contribution in [0, 0.1) is 0 Å². The number of rotatable bonds is 6. The maximum absolute atomic E-state index is 12.3. The number of benzene rings is 1. The summed E-state index contributed by atoms with van der Waals surface area (Å²) in [7, 11) is 3.15. The smallest absolute Gasteiger partial charge is 0.242 e. The van der Waals surface area contributed by atoms with E-state index < -0.39 is 0 Å². The lowest BCUT2D eigenvalue weighted by molar-refractivity contribution is -0.139. The minimum atomic E-state index is -0.118. The molecule has 1 saturated heterocycles. The summed E-state index contributed by atoms with van der Waals surface area (Å²) >= 11 is 0. The van der Waals surface area contributed by atoms with Crippen molar-refractivity contribution in [3.05, 3.63) is 23.8 Å². The number of methoxy groups -OCH3 is 2. The summed E-state index contributed by atoms with van der Waals surface area (Å²) in [6.07, 6.45) is 2.09. The molecule has 126 valence electrons. The zero-order chi connectivity index (χ0) is 16.8. The molecule has 1 heterocycles. The molecule has 0 spiro atoms. The molecule has 1 aromatic rings. The van der Waals surface area contributed by atoms with Crippen LogP contribution in [0.4, 0.5) is 0 Å². The average molecular weight is 320 g/mol. The van der Waals surface area contributed by atoms with Crippen molar-refractivity contribution >= 4 is 11.8 Å². The van der Waals surface area contributed by atoms with Crippen molar-refractivity contribution in [1.29, 1.82) is 0 Å². The first-order valence-electron chi connectivity index (χ1n) is 7.79. The van der Waals surface area contributed by atoms with E-state index in [2.05, 4.69) is 0 Å². The summed E-state index contributed by atoms with van der Waals surface area (Å²) in [6.45, 7) is 3.55. The summed E-state index contributed by atoms with van der Waals surface area (Å²) in [5, 5.41) is 0. The topological polar surface area (TPSA) is 59.1 Å². The monoisotopic (exact) mass is 320 g/mol. The first kappa shape index (κ1) is 17.1. The van der Waals surface area contributed by atoms with Crippen LogP contribution in [-0.4, -0.2) is 55.5 Å². The lowest BCUT2D eigenvalue weighted by Crippen LogP contribution is -2.40. The van der Waals surface area contributed by atoms with Crippen LogP contribution in [0.5, 0.6) is 11.5 Å². The number of carbonyl (C=O) groups is 2. The summed E-state index contributed by atoms with van der Waals surface area (Å²) in [5.74, 6) is 1.14. The first-order valence-corrected chi connectivity index (χ1v) is 7.79. The fourth-order valence-corrected chi connectivity index (χ4v) is 2.71. The summed E-state index contributed by atoms with van der Waals surface area (Å²) in [6, 6.07) is 5.50. The normalized spacial score (nSPS) is 13.8. The van der Waals surface area contributed by atoms with Gasteiger partial charge in [0.1, 0.15) is 6.54 Å². The number of ether oxygens (including phenoxy) is 2. The van der Waals surface area contributed by atoms with Crippen LogP contribution < -0.4 is 9.47 Å². The van der Waals surface area contributed by atoms with Crippen molar-refractivity contribution < 1.29 is 19.1 Å². The fraction of sp³-hybridized carbons (Fsp3) is 0.529. The van der Waals surface area contributed by atoms with E-state index in [4.69, 9.17) is 9.47 Å². The standard InChI is InChI=1S/C17H24N2O4/c1-13(20)19(12-17(21)18-8-4-5-9-18)11-14-6-7-15(22-2)16(10-14)23-3/h6-7,10H,4-5,8-9,11-12H2,1-3H3. The van der Waals surface area contributed by atoms with Crippen molar-refractivity contribution in [2.45, 2.75) is 26.3 Å². The zero-order valence-corrected chi connectivity index (χ0v) is 14.0. The number of hydrogen-bond acceptors (Lipinski definition) is 4. The highest BCUT2D eigenvalue weighted by molar-refractivity contribution is 5.84. The molecule has 1 aliphatic rings. The Labute approximate surface area is 137 Å². The molecular weight excluding hydrogens is 296 g/mol. The molecule has 1 aromatic carbocycles. The van der Waals surface area contributed by atoms with E-state index in [1.54, 1.807) is 25.2 Å². The van der Waals surface area contributed by atoms with E-state index in [-0.39, 0.29) is 18.4 Å². The Morgan fingerprint density at radius 1 is 1.13 bits per heavy atom. The van der Waals surface area contributed by atoms with Gasteiger partial charge in [0, 0.05) is 26.6 Å². The largest absolute Gasteiger partial charge is 0.493 e. The van der Waals surface area contributed by atoms with Crippen LogP contribution in [0.3, 0.4) is 0 Å². The molecule has 0 aromatic heterocycles. The SMILES string of the molecule is COc1ccc(CN(CC(=O)N2CCCC2)C(C)=O)cc1OC. The van der Waals surface area contributed by atoms with E-state index in [1.807, 2.05) is 17.0 Å². The predicted molar refractivity (Wildman–Crippen MR) is 86.5 cm³/mol. The fourth-order valence-electron chi connectivity index (χ4n) is 2.71. The van der Waals surface area contributed by atoms with Gasteiger partial charge in [-0.25, -0.2) is 0 Å². The van der Waals surface area contributed by atoms with Gasteiger partial charge in [0.05, 0.1) is 14.2 Å². The molecule has 2 amide bonds. The average Bonchev–Trinajstić information content (AvgIpc) is 3.08. The Kier molecular flexibility index (Phi) is 5.84. The summed E-state index contributed by atoms with van der Waals surface area (Å²) < 4.78 is 10.5. The molecule has 0 saturated carbocycles. The third-order valence-corrected chi connectivity index (χ3v) is 4.05. The second-order valence-electron chi connectivity index (χ2n) is 5.65. The van der Waals surface area contributed by atoms with Crippen molar-refractivity contribution in [1.82, 2.24) is 9.80 Å². The molecule has 0 radical (unpaired) electrons. The molecule has 6 nitrogen and oxygen atoms in total.